The van der Waals surface area contributed by atoms with Crippen LogP contribution < -0.4 is 5.56 Å². The van der Waals surface area contributed by atoms with Crippen molar-refractivity contribution in [3.8, 4) is 0 Å². The second-order valence-corrected chi connectivity index (χ2v) is 5.70. The van der Waals surface area contributed by atoms with Gasteiger partial charge in [0.1, 0.15) is 0 Å². The summed E-state index contributed by atoms with van der Waals surface area (Å²) in [5.41, 5.74) is 1.06. The summed E-state index contributed by atoms with van der Waals surface area (Å²) in [6.07, 6.45) is 5.32. The van der Waals surface area contributed by atoms with E-state index in [1.807, 2.05) is 13.8 Å². The van der Waals surface area contributed by atoms with Gasteiger partial charge in [-0.3, -0.25) is 14.7 Å². The monoisotopic (exact) mass is 266 g/mol. The number of nitrogens with one attached hydrogen (secondary N) is 1. The lowest BCUT2D eigenvalue weighted by Crippen LogP contribution is -2.26. The van der Waals surface area contributed by atoms with Crippen LogP contribution in [0.5, 0.6) is 0 Å². The van der Waals surface area contributed by atoms with Gasteiger partial charge in [-0.1, -0.05) is 33.1 Å². The zero-order valence-electron chi connectivity index (χ0n) is 11.6. The van der Waals surface area contributed by atoms with Crippen LogP contribution in [-0.4, -0.2) is 20.9 Å². The van der Waals surface area contributed by atoms with Crippen molar-refractivity contribution in [1.29, 1.82) is 0 Å². The average molecular weight is 266 g/mol. The fourth-order valence-electron chi connectivity index (χ4n) is 2.90. The molecule has 0 unspecified atom stereocenters. The zero-order chi connectivity index (χ0) is 14.0. The Labute approximate surface area is 112 Å². The number of nitrogens with zero attached hydrogens (tertiary/aromatic N) is 1. The number of carboxylic acids is 1. The van der Waals surface area contributed by atoms with Crippen molar-refractivity contribution in [3.63, 3.8) is 0 Å². The Morgan fingerprint density at radius 3 is 2.53 bits per heavy atom. The molecule has 2 N–H and O–H groups in total. The number of H-pyrrole nitrogens is 1. The average Bonchev–Trinajstić information content (AvgIpc) is 2.68. The van der Waals surface area contributed by atoms with E-state index in [9.17, 15) is 9.59 Å². The van der Waals surface area contributed by atoms with Gasteiger partial charge in [-0.25, -0.2) is 4.68 Å². The molecule has 0 aliphatic heterocycles. The predicted octanol–water partition coefficient (Wildman–Crippen LogP) is 2.43. The van der Waals surface area contributed by atoms with E-state index in [4.69, 9.17) is 5.11 Å². The molecule has 2 rings (SSSR count). The number of carboxylic acid groups (broad SMARTS) is 1. The van der Waals surface area contributed by atoms with Gasteiger partial charge in [0.05, 0.1) is 18.0 Å². The summed E-state index contributed by atoms with van der Waals surface area (Å²) < 4.78 is 1.67. The molecule has 1 aliphatic rings. The van der Waals surface area contributed by atoms with Crippen molar-refractivity contribution in [2.24, 2.45) is 0 Å². The van der Waals surface area contributed by atoms with Crippen LogP contribution in [0.1, 0.15) is 69.2 Å². The van der Waals surface area contributed by atoms with E-state index in [0.29, 0.717) is 5.56 Å². The normalized spacial score (nSPS) is 17.0. The van der Waals surface area contributed by atoms with Crippen LogP contribution in [-0.2, 0) is 11.2 Å². The van der Waals surface area contributed by atoms with Crippen LogP contribution in [0.15, 0.2) is 4.79 Å². The van der Waals surface area contributed by atoms with Crippen LogP contribution in [0, 0.1) is 0 Å². The maximum absolute atomic E-state index is 12.4. The number of aromatic amines is 1. The number of hydrogen-bond acceptors (Lipinski definition) is 2. The molecule has 1 aromatic heterocycles. The van der Waals surface area contributed by atoms with Gasteiger partial charge in [0.2, 0.25) is 0 Å². The molecule has 0 aromatic carbocycles. The number of hydrogen-bond donors (Lipinski definition) is 2. The first kappa shape index (κ1) is 13.9. The molecule has 5 nitrogen and oxygen atoms in total. The van der Waals surface area contributed by atoms with Crippen molar-refractivity contribution < 1.29 is 9.90 Å². The van der Waals surface area contributed by atoms with Crippen LogP contribution in [0.4, 0.5) is 0 Å². The molecule has 0 spiro atoms. The van der Waals surface area contributed by atoms with Gasteiger partial charge in [0.15, 0.2) is 0 Å². The third-order valence-electron chi connectivity index (χ3n) is 3.89. The minimum absolute atomic E-state index is 0.131. The molecule has 0 atom stereocenters. The minimum Gasteiger partial charge on any atom is -0.481 e. The maximum Gasteiger partial charge on any atom is 0.308 e. The quantitative estimate of drug-likeness (QED) is 0.878. The highest BCUT2D eigenvalue weighted by Gasteiger charge is 2.24. The molecule has 1 heterocycles. The fraction of sp³-hybridized carbons (Fsp3) is 0.714. The highest BCUT2D eigenvalue weighted by Crippen LogP contribution is 2.27. The van der Waals surface area contributed by atoms with Gasteiger partial charge in [-0.15, -0.1) is 0 Å². The van der Waals surface area contributed by atoms with Gasteiger partial charge >= 0.3 is 5.97 Å². The van der Waals surface area contributed by atoms with Gasteiger partial charge in [0.25, 0.3) is 5.56 Å². The third kappa shape index (κ3) is 2.91. The Morgan fingerprint density at radius 1 is 1.37 bits per heavy atom. The summed E-state index contributed by atoms with van der Waals surface area (Å²) in [4.78, 5) is 23.3. The molecule has 1 aromatic rings. The molecule has 106 valence electrons. The van der Waals surface area contributed by atoms with E-state index in [2.05, 4.69) is 5.10 Å². The molecule has 1 aliphatic carbocycles. The maximum atomic E-state index is 12.4. The summed E-state index contributed by atoms with van der Waals surface area (Å²) in [7, 11) is 0. The van der Waals surface area contributed by atoms with E-state index in [0.717, 1.165) is 31.4 Å². The lowest BCUT2D eigenvalue weighted by atomic mass is 9.96. The summed E-state index contributed by atoms with van der Waals surface area (Å²) >= 11 is 0. The Hall–Kier alpha value is -1.52. The second kappa shape index (κ2) is 5.63. The van der Waals surface area contributed by atoms with E-state index in [-0.39, 0.29) is 23.9 Å². The van der Waals surface area contributed by atoms with Crippen LogP contribution in [0.25, 0.3) is 0 Å². The lowest BCUT2D eigenvalue weighted by Gasteiger charge is -2.22. The first-order valence-electron chi connectivity index (χ1n) is 7.05. The molecule has 0 amide bonds. The topological polar surface area (TPSA) is 75.1 Å². The van der Waals surface area contributed by atoms with E-state index in [1.165, 1.54) is 6.42 Å². The summed E-state index contributed by atoms with van der Waals surface area (Å²) in [6.45, 7) is 3.95. The third-order valence-corrected chi connectivity index (χ3v) is 3.89. The highest BCUT2D eigenvalue weighted by molar-refractivity contribution is 5.70. The first-order valence-corrected chi connectivity index (χ1v) is 7.05. The van der Waals surface area contributed by atoms with Crippen molar-refractivity contribution in [1.82, 2.24) is 9.78 Å². The van der Waals surface area contributed by atoms with Crippen molar-refractivity contribution >= 4 is 5.97 Å². The van der Waals surface area contributed by atoms with Crippen LogP contribution >= 0.6 is 0 Å². The molecule has 0 saturated heterocycles. The predicted molar refractivity (Wildman–Crippen MR) is 72.6 cm³/mol. The van der Waals surface area contributed by atoms with Gasteiger partial charge in [0, 0.05) is 5.69 Å². The van der Waals surface area contributed by atoms with E-state index in [1.54, 1.807) is 4.68 Å². The molecule has 5 heteroatoms. The van der Waals surface area contributed by atoms with Crippen molar-refractivity contribution in [2.75, 3.05) is 0 Å². The molecule has 1 fully saturated rings. The second-order valence-electron chi connectivity index (χ2n) is 5.70. The zero-order valence-corrected chi connectivity index (χ0v) is 11.6. The summed E-state index contributed by atoms with van der Waals surface area (Å²) in [5.74, 6) is -0.819. The Morgan fingerprint density at radius 2 is 2.00 bits per heavy atom. The first-order chi connectivity index (χ1) is 9.00. The Balaban J connectivity index is 2.39. The van der Waals surface area contributed by atoms with E-state index >= 15 is 0 Å². The highest BCUT2D eigenvalue weighted by atomic mass is 16.4. The Kier molecular flexibility index (Phi) is 4.12. The number of carbonyl (C=O) groups is 1. The lowest BCUT2D eigenvalue weighted by molar-refractivity contribution is -0.136. The SMILES string of the molecule is CC(C)c1[nH]n(C2CCCCC2)c(=O)c1CC(=O)O. The number of aromatic nitrogens is 2. The smallest absolute Gasteiger partial charge is 0.308 e. The van der Waals surface area contributed by atoms with Gasteiger partial charge in [-0.2, -0.15) is 0 Å². The van der Waals surface area contributed by atoms with Crippen molar-refractivity contribution in [3.05, 3.63) is 21.6 Å². The summed E-state index contributed by atoms with van der Waals surface area (Å²) in [6, 6.07) is 0.210. The summed E-state index contributed by atoms with van der Waals surface area (Å²) in [5, 5.41) is 12.1. The molecule has 19 heavy (non-hydrogen) atoms. The van der Waals surface area contributed by atoms with Crippen molar-refractivity contribution in [2.45, 2.75) is 64.3 Å². The van der Waals surface area contributed by atoms with Gasteiger partial charge < -0.3 is 5.11 Å². The molecular formula is C14H22N2O3. The molecule has 1 saturated carbocycles. The standard InChI is InChI=1S/C14H22N2O3/c1-9(2)13-11(8-12(17)18)14(19)16(15-13)10-6-4-3-5-7-10/h9-10,15H,3-8H2,1-2H3,(H,17,18). The van der Waals surface area contributed by atoms with E-state index < -0.39 is 5.97 Å². The van der Waals surface area contributed by atoms with Gasteiger partial charge in [-0.05, 0) is 18.8 Å². The Bertz CT molecular complexity index is 507. The van der Waals surface area contributed by atoms with Crippen LogP contribution in [0.3, 0.4) is 0 Å². The fourth-order valence-corrected chi connectivity index (χ4v) is 2.90. The molecular weight excluding hydrogens is 244 g/mol. The van der Waals surface area contributed by atoms with Crippen LogP contribution in [0.2, 0.25) is 0 Å². The molecule has 0 bridgehead atoms. The minimum atomic E-state index is -0.950. The largest absolute Gasteiger partial charge is 0.481 e. The number of aliphatic carboxylic acids is 1. The number of rotatable bonds is 4. The molecule has 0 radical (unpaired) electrons.